The van der Waals surface area contributed by atoms with Crippen molar-refractivity contribution in [1.29, 1.82) is 5.26 Å². The normalized spacial score (nSPS) is 18.2. The van der Waals surface area contributed by atoms with Crippen LogP contribution in [0.15, 0.2) is 42.9 Å². The van der Waals surface area contributed by atoms with Gasteiger partial charge in [-0.1, -0.05) is 0 Å². The van der Waals surface area contributed by atoms with Gasteiger partial charge in [0.15, 0.2) is 0 Å². The molecular formula is C23H24N8O2. The van der Waals surface area contributed by atoms with Crippen molar-refractivity contribution in [1.82, 2.24) is 19.9 Å². The highest BCUT2D eigenvalue weighted by Crippen LogP contribution is 2.27. The number of nitrogens with one attached hydrogen (secondary N) is 1. The first kappa shape index (κ1) is 21.1. The van der Waals surface area contributed by atoms with Crippen LogP contribution < -0.4 is 15.1 Å². The highest BCUT2D eigenvalue weighted by Gasteiger charge is 2.24. The molecular weight excluding hydrogens is 420 g/mol. The third kappa shape index (κ3) is 4.69. The lowest BCUT2D eigenvalue weighted by Crippen LogP contribution is -2.36. The number of aliphatic hydroxyl groups excluding tert-OH is 1. The van der Waals surface area contributed by atoms with E-state index in [1.807, 2.05) is 17.0 Å². The van der Waals surface area contributed by atoms with Gasteiger partial charge in [-0.3, -0.25) is 0 Å². The molecule has 5 heterocycles. The molecule has 10 heteroatoms. The fourth-order valence-electron chi connectivity index (χ4n) is 4.01. The standard InChI is InChI=1S/C23H24N8O2/c24-12-16-11-17(13-27-22(16)31-6-4-19(32)15-31)20-3-5-25-23(29-20)28-18-1-2-21(26-14-18)30-7-9-33-10-8-30/h1-3,5,11,13-14,19,32H,4,6-10,15H2,(H,25,28,29). The minimum atomic E-state index is -0.383. The van der Waals surface area contributed by atoms with E-state index in [1.54, 1.807) is 30.7 Å². The fourth-order valence-corrected chi connectivity index (χ4v) is 4.01. The third-order valence-electron chi connectivity index (χ3n) is 5.74. The van der Waals surface area contributed by atoms with Gasteiger partial charge in [-0.25, -0.2) is 19.9 Å². The van der Waals surface area contributed by atoms with Gasteiger partial charge in [-0.2, -0.15) is 5.26 Å². The Bertz CT molecular complexity index is 1160. The van der Waals surface area contributed by atoms with Gasteiger partial charge in [-0.15, -0.1) is 0 Å². The van der Waals surface area contributed by atoms with Crippen LogP contribution in [0.5, 0.6) is 0 Å². The number of hydrogen-bond acceptors (Lipinski definition) is 10. The van der Waals surface area contributed by atoms with Crippen molar-refractivity contribution < 1.29 is 9.84 Å². The Hall–Kier alpha value is -3.81. The maximum atomic E-state index is 9.80. The van der Waals surface area contributed by atoms with E-state index in [9.17, 15) is 10.4 Å². The summed E-state index contributed by atoms with van der Waals surface area (Å²) in [5, 5.41) is 22.6. The number of anilines is 4. The van der Waals surface area contributed by atoms with Crippen LogP contribution in [0.3, 0.4) is 0 Å². The largest absolute Gasteiger partial charge is 0.391 e. The molecule has 2 aliphatic rings. The molecule has 0 amide bonds. The van der Waals surface area contributed by atoms with Gasteiger partial charge in [0.25, 0.3) is 0 Å². The average Bonchev–Trinajstić information content (AvgIpc) is 3.31. The van der Waals surface area contributed by atoms with Gasteiger partial charge >= 0.3 is 0 Å². The molecule has 0 spiro atoms. The second-order valence-corrected chi connectivity index (χ2v) is 7.99. The Kier molecular flexibility index (Phi) is 5.97. The number of pyridine rings is 2. The summed E-state index contributed by atoms with van der Waals surface area (Å²) >= 11 is 0. The highest BCUT2D eigenvalue weighted by molar-refractivity contribution is 5.67. The number of aromatic nitrogens is 4. The maximum absolute atomic E-state index is 9.80. The zero-order valence-electron chi connectivity index (χ0n) is 18.1. The minimum absolute atomic E-state index is 0.383. The first-order chi connectivity index (χ1) is 16.2. The van der Waals surface area contributed by atoms with E-state index in [2.05, 4.69) is 36.2 Å². The highest BCUT2D eigenvalue weighted by atomic mass is 16.5. The van der Waals surface area contributed by atoms with Gasteiger partial charge in [-0.05, 0) is 30.7 Å². The van der Waals surface area contributed by atoms with E-state index < -0.39 is 0 Å². The monoisotopic (exact) mass is 444 g/mol. The minimum Gasteiger partial charge on any atom is -0.391 e. The van der Waals surface area contributed by atoms with Gasteiger partial charge in [0.2, 0.25) is 5.95 Å². The maximum Gasteiger partial charge on any atom is 0.227 e. The summed E-state index contributed by atoms with van der Waals surface area (Å²) in [6, 6.07) is 9.69. The molecule has 2 fully saturated rings. The van der Waals surface area contributed by atoms with Crippen molar-refractivity contribution in [3.63, 3.8) is 0 Å². The zero-order chi connectivity index (χ0) is 22.6. The number of rotatable bonds is 5. The van der Waals surface area contributed by atoms with Crippen molar-refractivity contribution in [2.45, 2.75) is 12.5 Å². The van der Waals surface area contributed by atoms with Crippen LogP contribution in [0, 0.1) is 11.3 Å². The summed E-state index contributed by atoms with van der Waals surface area (Å²) in [5.41, 5.74) is 2.62. The number of morpholine rings is 1. The van der Waals surface area contributed by atoms with Gasteiger partial charge in [0.05, 0.1) is 42.5 Å². The van der Waals surface area contributed by atoms with Gasteiger partial charge < -0.3 is 25.0 Å². The number of aliphatic hydroxyl groups is 1. The molecule has 3 aromatic heterocycles. The average molecular weight is 444 g/mol. The molecule has 10 nitrogen and oxygen atoms in total. The molecule has 2 saturated heterocycles. The van der Waals surface area contributed by atoms with Crippen LogP contribution in [0.1, 0.15) is 12.0 Å². The molecule has 33 heavy (non-hydrogen) atoms. The van der Waals surface area contributed by atoms with Crippen molar-refractivity contribution in [2.75, 3.05) is 54.5 Å². The summed E-state index contributed by atoms with van der Waals surface area (Å²) in [7, 11) is 0. The Morgan fingerprint density at radius 1 is 1.06 bits per heavy atom. The van der Waals surface area contributed by atoms with E-state index >= 15 is 0 Å². The molecule has 1 unspecified atom stereocenters. The van der Waals surface area contributed by atoms with E-state index in [0.29, 0.717) is 55.7 Å². The van der Waals surface area contributed by atoms with Crippen molar-refractivity contribution in [3.8, 4) is 17.3 Å². The van der Waals surface area contributed by atoms with Crippen molar-refractivity contribution >= 4 is 23.3 Å². The third-order valence-corrected chi connectivity index (χ3v) is 5.74. The Labute approximate surface area is 191 Å². The van der Waals surface area contributed by atoms with E-state index in [1.165, 1.54) is 0 Å². The number of nitrogens with zero attached hydrogens (tertiary/aromatic N) is 7. The molecule has 0 radical (unpaired) electrons. The number of nitriles is 1. The molecule has 5 rings (SSSR count). The van der Waals surface area contributed by atoms with E-state index in [4.69, 9.17) is 4.74 Å². The van der Waals surface area contributed by atoms with Gasteiger partial charge in [0, 0.05) is 44.1 Å². The van der Waals surface area contributed by atoms with Crippen LogP contribution >= 0.6 is 0 Å². The second-order valence-electron chi connectivity index (χ2n) is 7.99. The Balaban J connectivity index is 1.32. The number of β-amino-alcohol motifs (C(OH)–C–C–N with tert-alkyl or cyclic N) is 1. The van der Waals surface area contributed by atoms with E-state index in [-0.39, 0.29) is 6.10 Å². The quantitative estimate of drug-likeness (QED) is 0.603. The first-order valence-corrected chi connectivity index (χ1v) is 10.9. The lowest BCUT2D eigenvalue weighted by Gasteiger charge is -2.27. The molecule has 3 aromatic rings. The summed E-state index contributed by atoms with van der Waals surface area (Å²) in [4.78, 5) is 22.1. The lowest BCUT2D eigenvalue weighted by molar-refractivity contribution is 0.122. The van der Waals surface area contributed by atoms with Crippen molar-refractivity contribution in [2.24, 2.45) is 0 Å². The molecule has 0 aromatic carbocycles. The van der Waals surface area contributed by atoms with Crippen LogP contribution in [-0.2, 0) is 4.74 Å². The van der Waals surface area contributed by atoms with E-state index in [0.717, 1.165) is 30.2 Å². The molecule has 2 aliphatic heterocycles. The molecule has 0 bridgehead atoms. The molecule has 0 saturated carbocycles. The zero-order valence-corrected chi connectivity index (χ0v) is 18.1. The number of hydrogen-bond donors (Lipinski definition) is 2. The fraction of sp³-hybridized carbons (Fsp3) is 0.348. The first-order valence-electron chi connectivity index (χ1n) is 10.9. The smallest absolute Gasteiger partial charge is 0.227 e. The SMILES string of the molecule is N#Cc1cc(-c2ccnc(Nc3ccc(N4CCOCC4)nc3)n2)cnc1N1CCC(O)C1. The van der Waals surface area contributed by atoms with Crippen LogP contribution in [-0.4, -0.2) is 70.5 Å². The predicted molar refractivity (Wildman–Crippen MR) is 123 cm³/mol. The summed E-state index contributed by atoms with van der Waals surface area (Å²) < 4.78 is 5.39. The van der Waals surface area contributed by atoms with Gasteiger partial charge in [0.1, 0.15) is 17.7 Å². The van der Waals surface area contributed by atoms with Crippen molar-refractivity contribution in [3.05, 3.63) is 48.4 Å². The molecule has 1 atom stereocenters. The molecule has 0 aliphatic carbocycles. The molecule has 2 N–H and O–H groups in total. The predicted octanol–water partition coefficient (Wildman–Crippen LogP) is 1.96. The summed E-state index contributed by atoms with van der Waals surface area (Å²) in [6.45, 7) is 4.27. The Morgan fingerprint density at radius 2 is 1.94 bits per heavy atom. The molecule has 168 valence electrons. The Morgan fingerprint density at radius 3 is 2.67 bits per heavy atom. The van der Waals surface area contributed by atoms with Crippen LogP contribution in [0.2, 0.25) is 0 Å². The lowest BCUT2D eigenvalue weighted by atomic mass is 10.1. The van der Waals surface area contributed by atoms with Crippen LogP contribution in [0.4, 0.5) is 23.3 Å². The summed E-state index contributed by atoms with van der Waals surface area (Å²) in [6.07, 6.45) is 5.42. The summed E-state index contributed by atoms with van der Waals surface area (Å²) in [5.74, 6) is 1.94. The number of ether oxygens (including phenoxy) is 1. The van der Waals surface area contributed by atoms with Crippen LogP contribution in [0.25, 0.3) is 11.3 Å². The topological polar surface area (TPSA) is 123 Å². The second kappa shape index (κ2) is 9.36.